The Morgan fingerprint density at radius 1 is 1.28 bits per heavy atom. The van der Waals surface area contributed by atoms with Gasteiger partial charge in [0.05, 0.1) is 26.2 Å². The second-order valence-electron chi connectivity index (χ2n) is 7.98. The van der Waals surface area contributed by atoms with E-state index in [4.69, 9.17) is 9.47 Å². The highest BCUT2D eigenvalue weighted by Gasteiger charge is 2.37. The number of carbonyl (C=O) groups is 1. The predicted molar refractivity (Wildman–Crippen MR) is 114 cm³/mol. The predicted octanol–water partition coefficient (Wildman–Crippen LogP) is 2.15. The molecule has 29 heavy (non-hydrogen) atoms. The van der Waals surface area contributed by atoms with Crippen molar-refractivity contribution in [2.75, 3.05) is 54.0 Å². The van der Waals surface area contributed by atoms with Crippen LogP contribution in [-0.4, -0.2) is 75.7 Å². The van der Waals surface area contributed by atoms with Gasteiger partial charge in [-0.3, -0.25) is 14.7 Å². The van der Waals surface area contributed by atoms with Crippen LogP contribution in [0.1, 0.15) is 31.4 Å². The van der Waals surface area contributed by atoms with Gasteiger partial charge in [-0.1, -0.05) is 19.1 Å². The van der Waals surface area contributed by atoms with Crippen LogP contribution in [0.3, 0.4) is 0 Å². The minimum Gasteiger partial charge on any atom is -0.497 e. The molecule has 0 bridgehead atoms. The Hall–Kier alpha value is -2.28. The monoisotopic (exact) mass is 402 g/mol. The number of hydrogen-bond acceptors (Lipinski definition) is 5. The average molecular weight is 403 g/mol. The number of ether oxygens (including phenoxy) is 2. The number of esters is 1. The maximum atomic E-state index is 12.0. The lowest BCUT2D eigenvalue weighted by atomic mass is 9.99. The second kappa shape index (κ2) is 9.96. The van der Waals surface area contributed by atoms with E-state index in [1.54, 1.807) is 14.2 Å². The molecule has 0 amide bonds. The highest BCUT2D eigenvalue weighted by molar-refractivity contribution is 5.82. The van der Waals surface area contributed by atoms with E-state index < -0.39 is 0 Å². The molecule has 0 aliphatic carbocycles. The number of methoxy groups -OCH3 is 2. The van der Waals surface area contributed by atoms with Gasteiger partial charge in [0.2, 0.25) is 0 Å². The Labute approximate surface area is 174 Å². The van der Waals surface area contributed by atoms with Crippen LogP contribution < -0.4 is 10.1 Å². The molecule has 1 N–H and O–H groups in total. The molecule has 1 aromatic rings. The normalized spacial score (nSPS) is 23.9. The Morgan fingerprint density at radius 2 is 2.03 bits per heavy atom. The van der Waals surface area contributed by atoms with Crippen LogP contribution in [0.5, 0.6) is 5.75 Å². The summed E-state index contributed by atoms with van der Waals surface area (Å²) in [6.45, 7) is 6.50. The number of nitrogens with zero attached hydrogens (tertiary/aromatic N) is 3. The van der Waals surface area contributed by atoms with E-state index in [0.717, 1.165) is 37.9 Å². The first-order valence-corrected chi connectivity index (χ1v) is 10.5. The molecule has 1 aromatic carbocycles. The molecule has 3 unspecified atom stereocenters. The summed E-state index contributed by atoms with van der Waals surface area (Å²) in [4.78, 5) is 21.2. The lowest BCUT2D eigenvalue weighted by Gasteiger charge is -2.30. The Morgan fingerprint density at radius 3 is 2.69 bits per heavy atom. The van der Waals surface area contributed by atoms with Gasteiger partial charge in [0.1, 0.15) is 5.75 Å². The van der Waals surface area contributed by atoms with Crippen LogP contribution in [0.2, 0.25) is 0 Å². The Kier molecular flexibility index (Phi) is 7.36. The van der Waals surface area contributed by atoms with Gasteiger partial charge >= 0.3 is 5.97 Å². The van der Waals surface area contributed by atoms with Crippen molar-refractivity contribution in [3.63, 3.8) is 0 Å². The highest BCUT2D eigenvalue weighted by Crippen LogP contribution is 2.28. The summed E-state index contributed by atoms with van der Waals surface area (Å²) >= 11 is 0. The first-order chi connectivity index (χ1) is 14.1. The fraction of sp³-hybridized carbons (Fsp3) is 0.636. The summed E-state index contributed by atoms with van der Waals surface area (Å²) in [5.74, 6) is 1.72. The zero-order valence-corrected chi connectivity index (χ0v) is 18.1. The molecule has 160 valence electrons. The second-order valence-corrected chi connectivity index (χ2v) is 7.98. The fourth-order valence-corrected chi connectivity index (χ4v) is 4.48. The van der Waals surface area contributed by atoms with E-state index in [-0.39, 0.29) is 23.8 Å². The lowest BCUT2D eigenvalue weighted by Crippen LogP contribution is -2.44. The first kappa shape index (κ1) is 21.4. The van der Waals surface area contributed by atoms with E-state index in [9.17, 15) is 4.79 Å². The number of likely N-dealkylation sites (tertiary alicyclic amines) is 2. The molecular weight excluding hydrogens is 368 g/mol. The third-order valence-electron chi connectivity index (χ3n) is 6.14. The number of carbonyl (C=O) groups excluding carboxylic acids is 1. The number of benzene rings is 1. The van der Waals surface area contributed by atoms with E-state index in [1.165, 1.54) is 25.5 Å². The topological polar surface area (TPSA) is 66.4 Å². The maximum Gasteiger partial charge on any atom is 0.310 e. The SMILES string of the molecule is CN=C(NCC(c1cccc(OC)c1)N1CCCC1)N1CC(C)C(C(=O)OC)C1. The molecule has 7 nitrogen and oxygen atoms in total. The van der Waals surface area contributed by atoms with Gasteiger partial charge in [-0.25, -0.2) is 0 Å². The summed E-state index contributed by atoms with van der Waals surface area (Å²) in [6, 6.07) is 8.57. The largest absolute Gasteiger partial charge is 0.497 e. The van der Waals surface area contributed by atoms with Crippen LogP contribution in [0.4, 0.5) is 0 Å². The zero-order chi connectivity index (χ0) is 20.8. The minimum absolute atomic E-state index is 0.105. The third kappa shape index (κ3) is 5.01. The zero-order valence-electron chi connectivity index (χ0n) is 18.1. The molecule has 7 heteroatoms. The van der Waals surface area contributed by atoms with Crippen LogP contribution in [0.15, 0.2) is 29.3 Å². The van der Waals surface area contributed by atoms with Crippen molar-refractivity contribution in [2.24, 2.45) is 16.8 Å². The number of guanidine groups is 1. The smallest absolute Gasteiger partial charge is 0.310 e. The molecular formula is C22H34N4O3. The molecule has 2 saturated heterocycles. The quantitative estimate of drug-likeness (QED) is 0.447. The first-order valence-electron chi connectivity index (χ1n) is 10.5. The van der Waals surface area contributed by atoms with E-state index in [0.29, 0.717) is 6.54 Å². The van der Waals surface area contributed by atoms with Crippen LogP contribution >= 0.6 is 0 Å². The summed E-state index contributed by atoms with van der Waals surface area (Å²) < 4.78 is 10.4. The van der Waals surface area contributed by atoms with Gasteiger partial charge < -0.3 is 19.7 Å². The van der Waals surface area contributed by atoms with Gasteiger partial charge in [0.25, 0.3) is 0 Å². The average Bonchev–Trinajstić information content (AvgIpc) is 3.41. The number of aliphatic imine (C=N–C) groups is 1. The highest BCUT2D eigenvalue weighted by atomic mass is 16.5. The van der Waals surface area contributed by atoms with E-state index in [1.807, 2.05) is 6.07 Å². The van der Waals surface area contributed by atoms with Crippen molar-refractivity contribution in [2.45, 2.75) is 25.8 Å². The molecule has 3 atom stereocenters. The number of hydrogen-bond donors (Lipinski definition) is 1. The molecule has 2 heterocycles. The van der Waals surface area contributed by atoms with Crippen LogP contribution in [0, 0.1) is 11.8 Å². The van der Waals surface area contributed by atoms with E-state index >= 15 is 0 Å². The van der Waals surface area contributed by atoms with Crippen molar-refractivity contribution < 1.29 is 14.3 Å². The van der Waals surface area contributed by atoms with E-state index in [2.05, 4.69) is 45.2 Å². The van der Waals surface area contributed by atoms with Crippen molar-refractivity contribution in [1.82, 2.24) is 15.1 Å². The molecule has 0 radical (unpaired) electrons. The summed E-state index contributed by atoms with van der Waals surface area (Å²) in [6.07, 6.45) is 2.47. The standard InChI is InChI=1S/C22H34N4O3/c1-16-14-26(15-19(16)21(27)29-4)22(23-2)24-13-20(25-10-5-6-11-25)17-8-7-9-18(12-17)28-3/h7-9,12,16,19-20H,5-6,10-11,13-15H2,1-4H3,(H,23,24). The lowest BCUT2D eigenvalue weighted by molar-refractivity contribution is -0.145. The van der Waals surface area contributed by atoms with Crippen molar-refractivity contribution in [3.8, 4) is 5.75 Å². The van der Waals surface area contributed by atoms with Gasteiger partial charge in [0.15, 0.2) is 5.96 Å². The van der Waals surface area contributed by atoms with Crippen LogP contribution in [-0.2, 0) is 9.53 Å². The maximum absolute atomic E-state index is 12.0. The van der Waals surface area contributed by atoms with Gasteiger partial charge in [0, 0.05) is 26.7 Å². The summed E-state index contributed by atoms with van der Waals surface area (Å²) in [5, 5.41) is 3.56. The summed E-state index contributed by atoms with van der Waals surface area (Å²) in [7, 11) is 4.96. The molecule has 0 aromatic heterocycles. The van der Waals surface area contributed by atoms with Gasteiger partial charge in [-0.15, -0.1) is 0 Å². The minimum atomic E-state index is -0.137. The number of nitrogens with one attached hydrogen (secondary N) is 1. The Balaban J connectivity index is 1.70. The molecule has 2 aliphatic rings. The van der Waals surface area contributed by atoms with Crippen LogP contribution in [0.25, 0.3) is 0 Å². The fourth-order valence-electron chi connectivity index (χ4n) is 4.48. The third-order valence-corrected chi connectivity index (χ3v) is 6.14. The molecule has 0 spiro atoms. The number of rotatable bonds is 6. The van der Waals surface area contributed by atoms with Gasteiger partial charge in [-0.05, 0) is 49.5 Å². The molecule has 0 saturated carbocycles. The molecule has 2 aliphatic heterocycles. The Bertz CT molecular complexity index is 718. The van der Waals surface area contributed by atoms with Crippen molar-refractivity contribution in [3.05, 3.63) is 29.8 Å². The summed E-state index contributed by atoms with van der Waals surface area (Å²) in [5.41, 5.74) is 1.25. The van der Waals surface area contributed by atoms with Crippen molar-refractivity contribution in [1.29, 1.82) is 0 Å². The van der Waals surface area contributed by atoms with Gasteiger partial charge in [-0.2, -0.15) is 0 Å². The van der Waals surface area contributed by atoms with Crippen molar-refractivity contribution >= 4 is 11.9 Å². The molecule has 3 rings (SSSR count). The molecule has 2 fully saturated rings.